The van der Waals surface area contributed by atoms with Crippen LogP contribution in [0.4, 0.5) is 0 Å². The molecule has 2 atom stereocenters. The van der Waals surface area contributed by atoms with Gasteiger partial charge in [-0.05, 0) is 31.7 Å². The predicted octanol–water partition coefficient (Wildman–Crippen LogP) is 2.74. The summed E-state index contributed by atoms with van der Waals surface area (Å²) in [7, 11) is 1.63. The summed E-state index contributed by atoms with van der Waals surface area (Å²) in [6.45, 7) is 2.14. The highest BCUT2D eigenvalue weighted by atomic mass is 16.5. The van der Waals surface area contributed by atoms with Crippen molar-refractivity contribution in [3.05, 3.63) is 29.8 Å². The fraction of sp³-hybridized carbons (Fsp3) is 0.600. The summed E-state index contributed by atoms with van der Waals surface area (Å²) in [5.41, 5.74) is 0.955. The van der Waals surface area contributed by atoms with Crippen molar-refractivity contribution >= 4 is 11.8 Å². The van der Waals surface area contributed by atoms with Crippen LogP contribution in [0.5, 0.6) is 5.75 Å². The van der Waals surface area contributed by atoms with Gasteiger partial charge >= 0.3 is 0 Å². The number of carbonyl (C=O) groups excluding carboxylic acids is 2. The van der Waals surface area contributed by atoms with E-state index in [0.717, 1.165) is 62.9 Å². The normalized spacial score (nSPS) is 23.3. The lowest BCUT2D eigenvalue weighted by atomic mass is 9.78. The lowest BCUT2D eigenvalue weighted by molar-refractivity contribution is -0.142. The zero-order valence-corrected chi connectivity index (χ0v) is 15.0. The van der Waals surface area contributed by atoms with E-state index in [9.17, 15) is 9.59 Å². The number of nitrogens with one attached hydrogen (secondary N) is 1. The standard InChI is InChI=1S/C20H28N2O3/c1-25-18-11-5-2-8-15(18)14-21-19(23)16-9-3-4-10-17(16)20(24)22-12-6-7-13-22/h2,5,8,11,16-17H,3-4,6-7,9-10,12-14H2,1H3,(H,21,23). The second kappa shape index (κ2) is 8.37. The first kappa shape index (κ1) is 17.8. The number of carbonyl (C=O) groups is 2. The van der Waals surface area contributed by atoms with Crippen LogP contribution in [-0.4, -0.2) is 36.9 Å². The fourth-order valence-electron chi connectivity index (χ4n) is 4.07. The Hall–Kier alpha value is -2.04. The van der Waals surface area contributed by atoms with Crippen molar-refractivity contribution in [3.63, 3.8) is 0 Å². The largest absolute Gasteiger partial charge is 0.496 e. The smallest absolute Gasteiger partial charge is 0.226 e. The highest BCUT2D eigenvalue weighted by Gasteiger charge is 2.38. The van der Waals surface area contributed by atoms with Crippen molar-refractivity contribution < 1.29 is 14.3 Å². The molecule has 1 saturated heterocycles. The van der Waals surface area contributed by atoms with E-state index in [-0.39, 0.29) is 23.7 Å². The van der Waals surface area contributed by atoms with Gasteiger partial charge in [-0.2, -0.15) is 0 Å². The number of likely N-dealkylation sites (tertiary alicyclic amines) is 1. The van der Waals surface area contributed by atoms with Gasteiger partial charge in [0.1, 0.15) is 5.75 Å². The molecule has 5 nitrogen and oxygen atoms in total. The SMILES string of the molecule is COc1ccccc1CNC(=O)C1CCCCC1C(=O)N1CCCC1. The van der Waals surface area contributed by atoms with Crippen molar-refractivity contribution in [3.8, 4) is 5.75 Å². The third-order valence-corrected chi connectivity index (χ3v) is 5.48. The molecule has 1 aliphatic heterocycles. The molecule has 1 aromatic carbocycles. The van der Waals surface area contributed by atoms with Crippen LogP contribution in [0.3, 0.4) is 0 Å². The third kappa shape index (κ3) is 4.14. The number of para-hydroxylation sites is 1. The molecule has 3 rings (SSSR count). The maximum atomic E-state index is 12.8. The second-order valence-electron chi connectivity index (χ2n) is 7.06. The summed E-state index contributed by atoms with van der Waals surface area (Å²) >= 11 is 0. The highest BCUT2D eigenvalue weighted by Crippen LogP contribution is 2.32. The number of amides is 2. The van der Waals surface area contributed by atoms with Gasteiger partial charge in [0.2, 0.25) is 11.8 Å². The molecule has 1 aliphatic carbocycles. The number of benzene rings is 1. The van der Waals surface area contributed by atoms with Gasteiger partial charge in [0, 0.05) is 37.0 Å². The molecule has 0 spiro atoms. The van der Waals surface area contributed by atoms with Crippen molar-refractivity contribution in [1.82, 2.24) is 10.2 Å². The van der Waals surface area contributed by atoms with Gasteiger partial charge in [0.15, 0.2) is 0 Å². The maximum Gasteiger partial charge on any atom is 0.226 e. The van der Waals surface area contributed by atoms with Crippen molar-refractivity contribution in [2.75, 3.05) is 20.2 Å². The lowest BCUT2D eigenvalue weighted by Crippen LogP contribution is -2.44. The zero-order chi connectivity index (χ0) is 17.6. The average molecular weight is 344 g/mol. The van der Waals surface area contributed by atoms with Crippen LogP contribution >= 0.6 is 0 Å². The average Bonchev–Trinajstić information content (AvgIpc) is 3.20. The van der Waals surface area contributed by atoms with E-state index in [0.29, 0.717) is 6.54 Å². The molecule has 0 radical (unpaired) electrons. The Morgan fingerprint density at radius 2 is 1.76 bits per heavy atom. The Balaban J connectivity index is 1.63. The number of hydrogen-bond donors (Lipinski definition) is 1. The molecule has 1 N–H and O–H groups in total. The van der Waals surface area contributed by atoms with Gasteiger partial charge in [-0.15, -0.1) is 0 Å². The van der Waals surface area contributed by atoms with E-state index in [1.54, 1.807) is 7.11 Å². The Bertz CT molecular complexity index is 611. The summed E-state index contributed by atoms with van der Waals surface area (Å²) < 4.78 is 5.34. The summed E-state index contributed by atoms with van der Waals surface area (Å²) in [6.07, 6.45) is 5.88. The van der Waals surface area contributed by atoms with Crippen molar-refractivity contribution in [1.29, 1.82) is 0 Å². The van der Waals surface area contributed by atoms with Crippen LogP contribution in [0.2, 0.25) is 0 Å². The van der Waals surface area contributed by atoms with Crippen LogP contribution < -0.4 is 10.1 Å². The van der Waals surface area contributed by atoms with E-state index in [1.165, 1.54) is 0 Å². The van der Waals surface area contributed by atoms with E-state index in [4.69, 9.17) is 4.74 Å². The minimum absolute atomic E-state index is 0.00292. The molecular formula is C20H28N2O3. The Morgan fingerprint density at radius 3 is 2.48 bits per heavy atom. The van der Waals surface area contributed by atoms with E-state index in [2.05, 4.69) is 5.32 Å². The maximum absolute atomic E-state index is 12.8. The molecule has 136 valence electrons. The van der Waals surface area contributed by atoms with Gasteiger partial charge in [-0.25, -0.2) is 0 Å². The minimum Gasteiger partial charge on any atom is -0.496 e. The van der Waals surface area contributed by atoms with Crippen LogP contribution in [0.1, 0.15) is 44.1 Å². The van der Waals surface area contributed by atoms with Crippen molar-refractivity contribution in [2.24, 2.45) is 11.8 Å². The monoisotopic (exact) mass is 344 g/mol. The van der Waals surface area contributed by atoms with Crippen LogP contribution in [0.15, 0.2) is 24.3 Å². The second-order valence-corrected chi connectivity index (χ2v) is 7.06. The fourth-order valence-corrected chi connectivity index (χ4v) is 4.07. The number of hydrogen-bond acceptors (Lipinski definition) is 3. The molecule has 0 aromatic heterocycles. The molecule has 1 aromatic rings. The first-order valence-corrected chi connectivity index (χ1v) is 9.39. The topological polar surface area (TPSA) is 58.6 Å². The van der Waals surface area contributed by atoms with Crippen LogP contribution in [-0.2, 0) is 16.1 Å². The minimum atomic E-state index is -0.198. The summed E-state index contributed by atoms with van der Waals surface area (Å²) in [5, 5.41) is 3.03. The number of rotatable bonds is 5. The van der Waals surface area contributed by atoms with Crippen LogP contribution in [0.25, 0.3) is 0 Å². The molecule has 2 aliphatic rings. The van der Waals surface area contributed by atoms with Gasteiger partial charge in [-0.3, -0.25) is 9.59 Å². The zero-order valence-electron chi connectivity index (χ0n) is 15.0. The van der Waals surface area contributed by atoms with Gasteiger partial charge in [0.25, 0.3) is 0 Å². The van der Waals surface area contributed by atoms with Crippen LogP contribution in [0, 0.1) is 11.8 Å². The van der Waals surface area contributed by atoms with Gasteiger partial charge in [0.05, 0.1) is 7.11 Å². The molecule has 5 heteroatoms. The molecule has 2 unspecified atom stereocenters. The quantitative estimate of drug-likeness (QED) is 0.893. The third-order valence-electron chi connectivity index (χ3n) is 5.48. The van der Waals surface area contributed by atoms with Gasteiger partial charge in [-0.1, -0.05) is 31.0 Å². The molecule has 1 heterocycles. The summed E-state index contributed by atoms with van der Waals surface area (Å²) in [5.74, 6) is 0.620. The number of nitrogens with zero attached hydrogens (tertiary/aromatic N) is 1. The molecule has 25 heavy (non-hydrogen) atoms. The summed E-state index contributed by atoms with van der Waals surface area (Å²) in [6, 6.07) is 7.69. The molecule has 2 fully saturated rings. The predicted molar refractivity (Wildman–Crippen MR) is 96.1 cm³/mol. The molecule has 0 bridgehead atoms. The Morgan fingerprint density at radius 1 is 1.08 bits per heavy atom. The van der Waals surface area contributed by atoms with Gasteiger partial charge < -0.3 is 15.0 Å². The Kier molecular flexibility index (Phi) is 5.95. The van der Waals surface area contributed by atoms with E-state index >= 15 is 0 Å². The van der Waals surface area contributed by atoms with E-state index < -0.39 is 0 Å². The molecule has 1 saturated carbocycles. The lowest BCUT2D eigenvalue weighted by Gasteiger charge is -2.32. The Labute approximate surface area is 149 Å². The highest BCUT2D eigenvalue weighted by molar-refractivity contribution is 5.88. The first-order valence-electron chi connectivity index (χ1n) is 9.39. The first-order chi connectivity index (χ1) is 12.2. The molecule has 2 amide bonds. The number of ether oxygens (including phenoxy) is 1. The molecular weight excluding hydrogens is 316 g/mol. The summed E-state index contributed by atoms with van der Waals surface area (Å²) in [4.78, 5) is 27.5. The van der Waals surface area contributed by atoms with E-state index in [1.807, 2.05) is 29.2 Å². The number of methoxy groups -OCH3 is 1. The van der Waals surface area contributed by atoms with Crippen molar-refractivity contribution in [2.45, 2.75) is 45.1 Å².